The van der Waals surface area contributed by atoms with Gasteiger partial charge in [0, 0.05) is 42.6 Å². The topological polar surface area (TPSA) is 45.5 Å². The summed E-state index contributed by atoms with van der Waals surface area (Å²) in [5.41, 5.74) is 4.86. The van der Waals surface area contributed by atoms with Gasteiger partial charge < -0.3 is 14.4 Å². The van der Waals surface area contributed by atoms with Gasteiger partial charge in [0.2, 0.25) is 0 Å². The molecule has 4 heteroatoms. The van der Waals surface area contributed by atoms with Crippen molar-refractivity contribution in [2.24, 2.45) is 0 Å². The van der Waals surface area contributed by atoms with Crippen LogP contribution in [-0.4, -0.2) is 13.6 Å². The Morgan fingerprint density at radius 2 is 1.96 bits per heavy atom. The highest BCUT2D eigenvalue weighted by Gasteiger charge is 2.17. The molecule has 1 aromatic rings. The highest BCUT2D eigenvalue weighted by Crippen LogP contribution is 2.36. The summed E-state index contributed by atoms with van der Waals surface area (Å²) < 4.78 is 11.9. The molecule has 1 aromatic carbocycles. The lowest BCUT2D eigenvalue weighted by molar-refractivity contribution is 0.313. The minimum absolute atomic E-state index is 0.655. The van der Waals surface area contributed by atoms with Crippen LogP contribution in [0.15, 0.2) is 70.9 Å². The minimum atomic E-state index is 0.655. The molecule has 27 heavy (non-hydrogen) atoms. The average Bonchev–Trinajstić information content (AvgIpc) is 2.65. The van der Waals surface area contributed by atoms with Crippen LogP contribution in [0.5, 0.6) is 5.75 Å². The van der Waals surface area contributed by atoms with Crippen LogP contribution in [0.25, 0.3) is 5.57 Å². The third-order valence-electron chi connectivity index (χ3n) is 4.71. The Bertz CT molecular complexity index is 969. The smallest absolute Gasteiger partial charge is 0.136 e. The van der Waals surface area contributed by atoms with Crippen LogP contribution >= 0.6 is 0 Å². The Morgan fingerprint density at radius 1 is 1.19 bits per heavy atom. The van der Waals surface area contributed by atoms with Crippen molar-refractivity contribution in [3.63, 3.8) is 0 Å². The lowest BCUT2D eigenvalue weighted by Crippen LogP contribution is -2.16. The number of nitrogens with zero attached hydrogens (tertiary/aromatic N) is 2. The zero-order valence-electron chi connectivity index (χ0n) is 16.5. The lowest BCUT2D eigenvalue weighted by atomic mass is 10.0. The van der Waals surface area contributed by atoms with Gasteiger partial charge in [-0.3, -0.25) is 0 Å². The van der Waals surface area contributed by atoms with Crippen LogP contribution in [0, 0.1) is 11.3 Å². The standard InChI is InChI=1S/C23H24N2O2/c1-6-25(5)19-7-8-22-15(2)9-20(27-23(22)12-19)13-21-11-18(16(3)14-24)10-17(4)26-21/h7-13H,6H2,1-5H3/b18-16-,20-13+. The first kappa shape index (κ1) is 18.6. The van der Waals surface area contributed by atoms with Gasteiger partial charge in [0.05, 0.1) is 6.07 Å². The molecular weight excluding hydrogens is 336 g/mol. The van der Waals surface area contributed by atoms with Gasteiger partial charge in [0.15, 0.2) is 0 Å². The van der Waals surface area contributed by atoms with Crippen LogP contribution in [-0.2, 0) is 4.74 Å². The quantitative estimate of drug-likeness (QED) is 0.670. The Kier molecular flexibility index (Phi) is 5.23. The molecule has 2 heterocycles. The Labute approximate surface area is 161 Å². The second-order valence-corrected chi connectivity index (χ2v) is 6.77. The van der Waals surface area contributed by atoms with Crippen LogP contribution in [0.4, 0.5) is 5.69 Å². The SMILES string of the molecule is CCN(C)c1ccc2c(c1)O/C(=C/C1=CC(=C(/C)C#N)/C=C(C)O1)C=C2C. The number of anilines is 1. The monoisotopic (exact) mass is 360 g/mol. The van der Waals surface area contributed by atoms with Crippen molar-refractivity contribution >= 4 is 11.3 Å². The molecular formula is C23H24N2O2. The summed E-state index contributed by atoms with van der Waals surface area (Å²) in [6.07, 6.45) is 7.60. The third-order valence-corrected chi connectivity index (χ3v) is 4.71. The molecule has 0 bridgehead atoms. The van der Waals surface area contributed by atoms with Gasteiger partial charge in [-0.25, -0.2) is 0 Å². The predicted molar refractivity (Wildman–Crippen MR) is 109 cm³/mol. The second kappa shape index (κ2) is 7.59. The van der Waals surface area contributed by atoms with Crippen molar-refractivity contribution < 1.29 is 9.47 Å². The molecule has 0 N–H and O–H groups in total. The van der Waals surface area contributed by atoms with Crippen molar-refractivity contribution in [1.29, 1.82) is 5.26 Å². The van der Waals surface area contributed by atoms with Crippen LogP contribution < -0.4 is 9.64 Å². The summed E-state index contributed by atoms with van der Waals surface area (Å²) in [4.78, 5) is 2.17. The van der Waals surface area contributed by atoms with Crippen molar-refractivity contribution in [3.05, 3.63) is 76.5 Å². The third kappa shape index (κ3) is 3.98. The van der Waals surface area contributed by atoms with Crippen molar-refractivity contribution in [2.75, 3.05) is 18.5 Å². The molecule has 0 saturated carbocycles. The zero-order valence-corrected chi connectivity index (χ0v) is 16.5. The second-order valence-electron chi connectivity index (χ2n) is 6.77. The number of hydrogen-bond donors (Lipinski definition) is 0. The molecule has 0 aromatic heterocycles. The maximum Gasteiger partial charge on any atom is 0.136 e. The number of allylic oxidation sites excluding steroid dienone is 8. The molecule has 0 fully saturated rings. The number of benzene rings is 1. The van der Waals surface area contributed by atoms with E-state index in [1.807, 2.05) is 31.2 Å². The summed E-state index contributed by atoms with van der Waals surface area (Å²) in [6.45, 7) is 8.80. The fraction of sp³-hybridized carbons (Fsp3) is 0.261. The van der Waals surface area contributed by atoms with Gasteiger partial charge in [-0.1, -0.05) is 0 Å². The maximum absolute atomic E-state index is 9.16. The molecule has 0 aliphatic carbocycles. The van der Waals surface area contributed by atoms with E-state index in [1.54, 1.807) is 6.92 Å². The van der Waals surface area contributed by atoms with Gasteiger partial charge in [-0.2, -0.15) is 5.26 Å². The number of hydrogen-bond acceptors (Lipinski definition) is 4. The predicted octanol–water partition coefficient (Wildman–Crippen LogP) is 5.48. The van der Waals surface area contributed by atoms with E-state index in [2.05, 4.69) is 50.1 Å². The number of rotatable bonds is 3. The molecule has 4 nitrogen and oxygen atoms in total. The Hall–Kier alpha value is -3.19. The Balaban J connectivity index is 1.95. The van der Waals surface area contributed by atoms with Gasteiger partial charge in [0.1, 0.15) is 23.0 Å². The molecule has 0 atom stereocenters. The highest BCUT2D eigenvalue weighted by molar-refractivity contribution is 5.76. The van der Waals surface area contributed by atoms with Crippen molar-refractivity contribution in [3.8, 4) is 11.8 Å². The first-order valence-electron chi connectivity index (χ1n) is 9.03. The summed E-state index contributed by atoms with van der Waals surface area (Å²) in [7, 11) is 2.06. The molecule has 2 aliphatic rings. The van der Waals surface area contributed by atoms with E-state index in [0.29, 0.717) is 17.1 Å². The minimum Gasteiger partial charge on any atom is -0.462 e. The molecule has 0 unspecified atom stereocenters. The summed E-state index contributed by atoms with van der Waals surface area (Å²) in [6, 6.07) is 8.46. The molecule has 138 valence electrons. The van der Waals surface area contributed by atoms with Gasteiger partial charge in [-0.05, 0) is 69.2 Å². The number of nitriles is 1. The molecule has 2 aliphatic heterocycles. The molecule has 3 rings (SSSR count). The zero-order chi connectivity index (χ0) is 19.6. The maximum atomic E-state index is 9.16. The van der Waals surface area contributed by atoms with E-state index < -0.39 is 0 Å². The fourth-order valence-corrected chi connectivity index (χ4v) is 3.01. The van der Waals surface area contributed by atoms with Crippen LogP contribution in [0.2, 0.25) is 0 Å². The van der Waals surface area contributed by atoms with Crippen LogP contribution in [0.3, 0.4) is 0 Å². The van der Waals surface area contributed by atoms with E-state index in [0.717, 1.165) is 40.5 Å². The number of ether oxygens (including phenoxy) is 2. The van der Waals surface area contributed by atoms with Crippen LogP contribution in [0.1, 0.15) is 33.3 Å². The molecule has 0 spiro atoms. The lowest BCUT2D eigenvalue weighted by Gasteiger charge is -2.23. The fourth-order valence-electron chi connectivity index (χ4n) is 3.01. The van der Waals surface area contributed by atoms with E-state index in [-0.39, 0.29) is 0 Å². The van der Waals surface area contributed by atoms with E-state index in [9.17, 15) is 0 Å². The van der Waals surface area contributed by atoms with E-state index >= 15 is 0 Å². The molecule has 0 radical (unpaired) electrons. The van der Waals surface area contributed by atoms with Gasteiger partial charge in [0.25, 0.3) is 0 Å². The first-order valence-corrected chi connectivity index (χ1v) is 9.03. The summed E-state index contributed by atoms with van der Waals surface area (Å²) >= 11 is 0. The van der Waals surface area contributed by atoms with Crippen molar-refractivity contribution in [1.82, 2.24) is 0 Å². The first-order chi connectivity index (χ1) is 12.9. The van der Waals surface area contributed by atoms with E-state index in [1.165, 1.54) is 0 Å². The number of fused-ring (bicyclic) bond motifs is 1. The normalized spacial score (nSPS) is 19.0. The van der Waals surface area contributed by atoms with Crippen molar-refractivity contribution in [2.45, 2.75) is 27.7 Å². The average molecular weight is 360 g/mol. The summed E-state index contributed by atoms with van der Waals surface area (Å²) in [5, 5.41) is 9.16. The molecule has 0 amide bonds. The van der Waals surface area contributed by atoms with Gasteiger partial charge in [-0.15, -0.1) is 0 Å². The van der Waals surface area contributed by atoms with E-state index in [4.69, 9.17) is 14.7 Å². The Morgan fingerprint density at radius 3 is 2.67 bits per heavy atom. The molecule has 0 saturated heterocycles. The largest absolute Gasteiger partial charge is 0.462 e. The highest BCUT2D eigenvalue weighted by atomic mass is 16.5. The van der Waals surface area contributed by atoms with Gasteiger partial charge >= 0.3 is 0 Å². The summed E-state index contributed by atoms with van der Waals surface area (Å²) in [5.74, 6) is 2.96.